The third-order valence-electron chi connectivity index (χ3n) is 4.44. The van der Waals surface area contributed by atoms with Gasteiger partial charge in [0.05, 0.1) is 24.5 Å². The second-order valence-corrected chi connectivity index (χ2v) is 6.73. The molecule has 4 heteroatoms. The van der Waals surface area contributed by atoms with Gasteiger partial charge < -0.3 is 14.8 Å². The van der Waals surface area contributed by atoms with Crippen LogP contribution in [-0.4, -0.2) is 19.1 Å². The molecule has 0 atom stereocenters. The summed E-state index contributed by atoms with van der Waals surface area (Å²) in [6.45, 7) is 3.19. The van der Waals surface area contributed by atoms with Crippen LogP contribution in [0.15, 0.2) is 78.9 Å². The van der Waals surface area contributed by atoms with Gasteiger partial charge in [-0.3, -0.25) is 4.79 Å². The minimum atomic E-state index is -0.211. The Labute approximate surface area is 172 Å². The molecule has 1 N–H and O–H groups in total. The summed E-state index contributed by atoms with van der Waals surface area (Å²) in [5.74, 6) is 1.05. The Bertz CT molecular complexity index is 909. The van der Waals surface area contributed by atoms with Crippen molar-refractivity contribution in [3.8, 4) is 11.5 Å². The van der Waals surface area contributed by atoms with Gasteiger partial charge in [0, 0.05) is 0 Å². The van der Waals surface area contributed by atoms with E-state index in [-0.39, 0.29) is 5.91 Å². The van der Waals surface area contributed by atoms with Crippen LogP contribution in [0, 0.1) is 0 Å². The molecule has 0 spiro atoms. The van der Waals surface area contributed by atoms with E-state index in [1.807, 2.05) is 67.6 Å². The average molecular weight is 389 g/mol. The van der Waals surface area contributed by atoms with Crippen LogP contribution in [-0.2, 0) is 6.42 Å². The summed E-state index contributed by atoms with van der Waals surface area (Å²) < 4.78 is 11.6. The van der Waals surface area contributed by atoms with Gasteiger partial charge in [-0.05, 0) is 49.1 Å². The molecule has 0 aliphatic rings. The smallest absolute Gasteiger partial charge is 0.259 e. The molecule has 1 amide bonds. The van der Waals surface area contributed by atoms with Crippen molar-refractivity contribution in [1.29, 1.82) is 0 Å². The van der Waals surface area contributed by atoms with E-state index in [9.17, 15) is 4.79 Å². The van der Waals surface area contributed by atoms with E-state index in [1.165, 1.54) is 5.56 Å². The molecular formula is C25H27NO3. The van der Waals surface area contributed by atoms with Crippen molar-refractivity contribution < 1.29 is 14.3 Å². The Hall–Kier alpha value is -3.27. The zero-order chi connectivity index (χ0) is 20.3. The topological polar surface area (TPSA) is 47.6 Å². The van der Waals surface area contributed by atoms with E-state index in [2.05, 4.69) is 17.4 Å². The highest BCUT2D eigenvalue weighted by molar-refractivity contribution is 6.06. The van der Waals surface area contributed by atoms with Crippen molar-refractivity contribution in [1.82, 2.24) is 0 Å². The quantitative estimate of drug-likeness (QED) is 0.450. The summed E-state index contributed by atoms with van der Waals surface area (Å²) in [6.07, 6.45) is 2.74. The van der Waals surface area contributed by atoms with E-state index in [0.717, 1.165) is 19.3 Å². The molecule has 29 heavy (non-hydrogen) atoms. The van der Waals surface area contributed by atoms with Gasteiger partial charge in [-0.1, -0.05) is 61.5 Å². The van der Waals surface area contributed by atoms with E-state index < -0.39 is 0 Å². The van der Waals surface area contributed by atoms with Crippen molar-refractivity contribution in [3.05, 3.63) is 90.0 Å². The van der Waals surface area contributed by atoms with Crippen LogP contribution in [0.3, 0.4) is 0 Å². The first-order valence-electron chi connectivity index (χ1n) is 10.1. The molecule has 0 fully saturated rings. The lowest BCUT2D eigenvalue weighted by Gasteiger charge is -2.14. The first kappa shape index (κ1) is 20.5. The Kier molecular flexibility index (Phi) is 7.70. The zero-order valence-corrected chi connectivity index (χ0v) is 16.8. The van der Waals surface area contributed by atoms with E-state index in [4.69, 9.17) is 9.47 Å². The summed E-state index contributed by atoms with van der Waals surface area (Å²) in [5.41, 5.74) is 2.46. The summed E-state index contributed by atoms with van der Waals surface area (Å²) >= 11 is 0. The second-order valence-electron chi connectivity index (χ2n) is 6.73. The molecule has 0 unspecified atom stereocenters. The number of amides is 1. The van der Waals surface area contributed by atoms with Gasteiger partial charge in [0.25, 0.3) is 5.91 Å². The Morgan fingerprint density at radius 1 is 0.793 bits per heavy atom. The van der Waals surface area contributed by atoms with Crippen LogP contribution in [0.5, 0.6) is 11.5 Å². The fourth-order valence-corrected chi connectivity index (χ4v) is 2.98. The number of anilines is 1. The van der Waals surface area contributed by atoms with Gasteiger partial charge >= 0.3 is 0 Å². The predicted molar refractivity (Wildman–Crippen MR) is 117 cm³/mol. The third-order valence-corrected chi connectivity index (χ3v) is 4.44. The fraction of sp³-hybridized carbons (Fsp3) is 0.240. The van der Waals surface area contributed by atoms with Crippen LogP contribution in [0.25, 0.3) is 0 Å². The highest BCUT2D eigenvalue weighted by atomic mass is 16.5. The summed E-state index contributed by atoms with van der Waals surface area (Å²) in [5, 5.41) is 2.96. The SMILES string of the molecule is CCCOc1ccccc1C(=O)Nc1ccccc1OCCCc1ccccc1. The lowest BCUT2D eigenvalue weighted by molar-refractivity contribution is 0.102. The highest BCUT2D eigenvalue weighted by Gasteiger charge is 2.14. The van der Waals surface area contributed by atoms with Gasteiger partial charge in [-0.2, -0.15) is 0 Å². The predicted octanol–water partition coefficient (Wildman–Crippen LogP) is 5.74. The minimum Gasteiger partial charge on any atom is -0.493 e. The first-order valence-corrected chi connectivity index (χ1v) is 10.1. The molecule has 0 bridgehead atoms. The fourth-order valence-electron chi connectivity index (χ4n) is 2.98. The van der Waals surface area contributed by atoms with Gasteiger partial charge in [0.1, 0.15) is 11.5 Å². The lowest BCUT2D eigenvalue weighted by atomic mass is 10.1. The molecule has 150 valence electrons. The number of ether oxygens (including phenoxy) is 2. The summed E-state index contributed by atoms with van der Waals surface area (Å²) in [7, 11) is 0. The van der Waals surface area contributed by atoms with Crippen LogP contribution >= 0.6 is 0 Å². The van der Waals surface area contributed by atoms with Crippen LogP contribution in [0.2, 0.25) is 0 Å². The Morgan fingerprint density at radius 2 is 1.45 bits per heavy atom. The first-order chi connectivity index (χ1) is 14.3. The molecule has 3 rings (SSSR count). The summed E-state index contributed by atoms with van der Waals surface area (Å²) in [4.78, 5) is 12.8. The van der Waals surface area contributed by atoms with E-state index in [1.54, 1.807) is 6.07 Å². The molecular weight excluding hydrogens is 362 g/mol. The number of carbonyl (C=O) groups is 1. The van der Waals surface area contributed by atoms with E-state index in [0.29, 0.717) is 36.0 Å². The molecule has 0 heterocycles. The monoisotopic (exact) mass is 389 g/mol. The molecule has 0 saturated carbocycles. The number of carbonyl (C=O) groups excluding carboxylic acids is 1. The third kappa shape index (κ3) is 6.11. The van der Waals surface area contributed by atoms with Crippen molar-refractivity contribution in [2.75, 3.05) is 18.5 Å². The van der Waals surface area contributed by atoms with E-state index >= 15 is 0 Å². The van der Waals surface area contributed by atoms with Gasteiger partial charge in [0.2, 0.25) is 0 Å². The maximum atomic E-state index is 12.8. The van der Waals surface area contributed by atoms with Crippen LogP contribution in [0.1, 0.15) is 35.7 Å². The number of rotatable bonds is 10. The molecule has 0 aromatic heterocycles. The number of hydrogen-bond donors (Lipinski definition) is 1. The van der Waals surface area contributed by atoms with Crippen molar-refractivity contribution >= 4 is 11.6 Å². The molecule has 0 radical (unpaired) electrons. The van der Waals surface area contributed by atoms with Gasteiger partial charge in [-0.25, -0.2) is 0 Å². The van der Waals surface area contributed by atoms with Gasteiger partial charge in [0.15, 0.2) is 0 Å². The van der Waals surface area contributed by atoms with Crippen LogP contribution < -0.4 is 14.8 Å². The lowest BCUT2D eigenvalue weighted by Crippen LogP contribution is -2.15. The zero-order valence-electron chi connectivity index (χ0n) is 16.8. The van der Waals surface area contributed by atoms with Crippen molar-refractivity contribution in [3.63, 3.8) is 0 Å². The average Bonchev–Trinajstić information content (AvgIpc) is 2.77. The molecule has 4 nitrogen and oxygen atoms in total. The molecule has 0 aliphatic carbocycles. The second kappa shape index (κ2) is 10.9. The standard InChI is InChI=1S/C25H27NO3/c1-2-18-28-23-16-8-6-14-21(23)25(27)26-22-15-7-9-17-24(22)29-19-10-13-20-11-4-3-5-12-20/h3-9,11-12,14-17H,2,10,13,18-19H2,1H3,(H,26,27). The largest absolute Gasteiger partial charge is 0.493 e. The van der Waals surface area contributed by atoms with Crippen LogP contribution in [0.4, 0.5) is 5.69 Å². The van der Waals surface area contributed by atoms with Crippen molar-refractivity contribution in [2.24, 2.45) is 0 Å². The molecule has 0 saturated heterocycles. The maximum absolute atomic E-state index is 12.8. The highest BCUT2D eigenvalue weighted by Crippen LogP contribution is 2.26. The number of para-hydroxylation sites is 3. The molecule has 3 aromatic rings. The normalized spacial score (nSPS) is 10.4. The molecule has 3 aromatic carbocycles. The Balaban J connectivity index is 1.61. The number of aryl methyl sites for hydroxylation is 1. The van der Waals surface area contributed by atoms with Gasteiger partial charge in [-0.15, -0.1) is 0 Å². The number of hydrogen-bond acceptors (Lipinski definition) is 3. The number of nitrogens with one attached hydrogen (secondary N) is 1. The van der Waals surface area contributed by atoms with Crippen molar-refractivity contribution in [2.45, 2.75) is 26.2 Å². The minimum absolute atomic E-state index is 0.211. The number of benzene rings is 3. The Morgan fingerprint density at radius 3 is 2.24 bits per heavy atom. The summed E-state index contributed by atoms with van der Waals surface area (Å²) in [6, 6.07) is 25.1. The maximum Gasteiger partial charge on any atom is 0.259 e. The molecule has 0 aliphatic heterocycles.